The fourth-order valence-electron chi connectivity index (χ4n) is 1.99. The number of rotatable bonds is 13. The molecule has 0 rings (SSSR count). The van der Waals surface area contributed by atoms with Gasteiger partial charge in [0, 0.05) is 0 Å². The second-order valence-corrected chi connectivity index (χ2v) is 5.14. The molecule has 0 aromatic rings. The molecule has 0 N–H and O–H groups in total. The zero-order chi connectivity index (χ0) is 13.3. The van der Waals surface area contributed by atoms with Gasteiger partial charge >= 0.3 is 0 Å². The quantitative estimate of drug-likeness (QED) is 0.254. The van der Waals surface area contributed by atoms with Gasteiger partial charge in [-0.3, -0.25) is 0 Å². The maximum absolute atomic E-state index is 3.37. The van der Waals surface area contributed by atoms with Gasteiger partial charge in [0.25, 0.3) is 0 Å². The first-order chi connectivity index (χ1) is 8.91. The number of allylic oxidation sites excluding steroid dienone is 4. The van der Waals surface area contributed by atoms with E-state index in [0.717, 1.165) is 6.42 Å². The molecule has 0 heteroatoms. The highest BCUT2D eigenvalue weighted by atomic mass is 13.9. The van der Waals surface area contributed by atoms with Crippen LogP contribution in [0.15, 0.2) is 18.2 Å². The minimum absolute atomic E-state index is 1.00. The molecule has 0 aromatic heterocycles. The van der Waals surface area contributed by atoms with E-state index in [1.54, 1.807) is 0 Å². The van der Waals surface area contributed by atoms with E-state index in [-0.39, 0.29) is 0 Å². The largest absolute Gasteiger partial charge is 0.0882 e. The van der Waals surface area contributed by atoms with Gasteiger partial charge in [-0.05, 0) is 38.2 Å². The molecule has 0 aliphatic carbocycles. The van der Waals surface area contributed by atoms with Crippen molar-refractivity contribution in [3.63, 3.8) is 0 Å². The Bertz CT molecular complexity index is 188. The minimum Gasteiger partial charge on any atom is -0.0882 e. The van der Waals surface area contributed by atoms with Crippen molar-refractivity contribution in [2.24, 2.45) is 0 Å². The lowest BCUT2D eigenvalue weighted by molar-refractivity contribution is 0.637. The van der Waals surface area contributed by atoms with Gasteiger partial charge in [-0.25, -0.2) is 0 Å². The van der Waals surface area contributed by atoms with Crippen LogP contribution in [0.25, 0.3) is 0 Å². The molecule has 0 amide bonds. The van der Waals surface area contributed by atoms with Crippen LogP contribution < -0.4 is 0 Å². The Morgan fingerprint density at radius 1 is 0.667 bits per heavy atom. The Hall–Kier alpha value is -0.520. The molecule has 0 atom stereocenters. The molecular weight excluding hydrogens is 216 g/mol. The maximum Gasteiger partial charge on any atom is -0.00979 e. The minimum atomic E-state index is 1.00. The summed E-state index contributed by atoms with van der Waals surface area (Å²) in [6.07, 6.45) is 26.0. The molecule has 0 saturated carbocycles. The summed E-state index contributed by atoms with van der Waals surface area (Å²) in [7, 11) is 0. The highest BCUT2D eigenvalue weighted by molar-refractivity contribution is 4.87. The Kier molecular flexibility index (Phi) is 16.0. The van der Waals surface area contributed by atoms with Crippen LogP contribution in [0, 0.1) is 6.08 Å². The van der Waals surface area contributed by atoms with Crippen LogP contribution in [0.4, 0.5) is 0 Å². The second kappa shape index (κ2) is 16.5. The summed E-state index contributed by atoms with van der Waals surface area (Å²) in [6, 6.07) is 0. The van der Waals surface area contributed by atoms with E-state index in [0.29, 0.717) is 0 Å². The second-order valence-electron chi connectivity index (χ2n) is 5.14. The van der Waals surface area contributed by atoms with Crippen molar-refractivity contribution < 1.29 is 0 Å². The first-order valence-corrected chi connectivity index (χ1v) is 8.11. The van der Waals surface area contributed by atoms with E-state index in [2.05, 4.69) is 38.2 Å². The van der Waals surface area contributed by atoms with E-state index in [1.165, 1.54) is 70.6 Å². The summed E-state index contributed by atoms with van der Waals surface area (Å²) < 4.78 is 0. The van der Waals surface area contributed by atoms with Crippen molar-refractivity contribution in [1.82, 2.24) is 0 Å². The van der Waals surface area contributed by atoms with Crippen molar-refractivity contribution in [1.29, 1.82) is 0 Å². The smallest absolute Gasteiger partial charge is 0.00979 e. The zero-order valence-electron chi connectivity index (χ0n) is 12.7. The van der Waals surface area contributed by atoms with Crippen molar-refractivity contribution in [2.45, 2.75) is 90.9 Å². The van der Waals surface area contributed by atoms with Crippen LogP contribution >= 0.6 is 0 Å². The van der Waals surface area contributed by atoms with Crippen molar-refractivity contribution in [3.05, 3.63) is 24.3 Å². The zero-order valence-corrected chi connectivity index (χ0v) is 12.7. The molecule has 0 aliphatic heterocycles. The Morgan fingerprint density at radius 2 is 1.28 bits per heavy atom. The average Bonchev–Trinajstić information content (AvgIpc) is 2.39. The molecule has 0 fully saturated rings. The molecule has 0 aliphatic rings. The van der Waals surface area contributed by atoms with Crippen LogP contribution in [0.3, 0.4) is 0 Å². The lowest BCUT2D eigenvalue weighted by atomic mass is 10.1. The summed E-state index contributed by atoms with van der Waals surface area (Å²) in [5.41, 5.74) is 0. The lowest BCUT2D eigenvalue weighted by Gasteiger charge is -1.95. The van der Waals surface area contributed by atoms with E-state index >= 15 is 0 Å². The lowest BCUT2D eigenvalue weighted by Crippen LogP contribution is -1.76. The molecule has 0 aromatic carbocycles. The predicted octanol–water partition coefficient (Wildman–Crippen LogP) is 6.62. The van der Waals surface area contributed by atoms with Gasteiger partial charge in [-0.1, -0.05) is 77.0 Å². The van der Waals surface area contributed by atoms with Crippen molar-refractivity contribution >= 4 is 0 Å². The molecule has 0 saturated heterocycles. The molecular formula is C18H33. The normalized spacial score (nSPS) is 11.9. The summed E-state index contributed by atoms with van der Waals surface area (Å²) in [5, 5.41) is 0. The Balaban J connectivity index is 3.14. The van der Waals surface area contributed by atoms with Gasteiger partial charge in [0.1, 0.15) is 0 Å². The predicted molar refractivity (Wildman–Crippen MR) is 83.7 cm³/mol. The van der Waals surface area contributed by atoms with E-state index in [9.17, 15) is 0 Å². The average molecular weight is 249 g/mol. The summed E-state index contributed by atoms with van der Waals surface area (Å²) >= 11 is 0. The maximum atomic E-state index is 3.37. The third-order valence-corrected chi connectivity index (χ3v) is 3.22. The summed E-state index contributed by atoms with van der Waals surface area (Å²) in [4.78, 5) is 0. The molecule has 0 nitrogen and oxygen atoms in total. The summed E-state index contributed by atoms with van der Waals surface area (Å²) in [6.45, 7) is 4.53. The van der Waals surface area contributed by atoms with Crippen LogP contribution in [-0.4, -0.2) is 0 Å². The molecule has 0 unspecified atom stereocenters. The van der Waals surface area contributed by atoms with E-state index < -0.39 is 0 Å². The van der Waals surface area contributed by atoms with Gasteiger partial charge in [0.2, 0.25) is 0 Å². The van der Waals surface area contributed by atoms with Crippen molar-refractivity contribution in [2.75, 3.05) is 0 Å². The highest BCUT2D eigenvalue weighted by Gasteiger charge is 1.86. The topological polar surface area (TPSA) is 0 Å². The highest BCUT2D eigenvalue weighted by Crippen LogP contribution is 2.06. The van der Waals surface area contributed by atoms with Crippen LogP contribution in [0.5, 0.6) is 0 Å². The first-order valence-electron chi connectivity index (χ1n) is 8.11. The standard InChI is InChI=1S/C18H33/c1-3-5-7-9-11-13-15-17-18-16-14-12-10-8-6-4-2/h13,15-16H,3-12,14,17H2,1-2H3. The van der Waals surface area contributed by atoms with Crippen LogP contribution in [0.2, 0.25) is 0 Å². The molecule has 0 spiro atoms. The summed E-state index contributed by atoms with van der Waals surface area (Å²) in [5.74, 6) is 0. The fourth-order valence-corrected chi connectivity index (χ4v) is 1.99. The van der Waals surface area contributed by atoms with Gasteiger partial charge in [-0.15, -0.1) is 0 Å². The monoisotopic (exact) mass is 249 g/mol. The number of hydrogen-bond donors (Lipinski definition) is 0. The van der Waals surface area contributed by atoms with Gasteiger partial charge in [0.05, 0.1) is 0 Å². The van der Waals surface area contributed by atoms with Crippen molar-refractivity contribution in [3.8, 4) is 0 Å². The third kappa shape index (κ3) is 15.5. The molecule has 0 bridgehead atoms. The first kappa shape index (κ1) is 17.5. The van der Waals surface area contributed by atoms with Crippen LogP contribution in [-0.2, 0) is 0 Å². The third-order valence-electron chi connectivity index (χ3n) is 3.22. The SMILES string of the molecule is CCCCCCC=CC/[C]=C/CCCCCCC. The van der Waals surface area contributed by atoms with Gasteiger partial charge < -0.3 is 0 Å². The fraction of sp³-hybridized carbons (Fsp3) is 0.778. The molecule has 105 valence electrons. The van der Waals surface area contributed by atoms with Gasteiger partial charge in [-0.2, -0.15) is 0 Å². The molecule has 0 heterocycles. The van der Waals surface area contributed by atoms with E-state index in [1.807, 2.05) is 0 Å². The number of unbranched alkanes of at least 4 members (excludes halogenated alkanes) is 9. The Morgan fingerprint density at radius 3 is 2.00 bits per heavy atom. The molecule has 1 radical (unpaired) electrons. The van der Waals surface area contributed by atoms with Gasteiger partial charge in [0.15, 0.2) is 0 Å². The number of hydrogen-bond acceptors (Lipinski definition) is 0. The van der Waals surface area contributed by atoms with Crippen LogP contribution in [0.1, 0.15) is 90.9 Å². The van der Waals surface area contributed by atoms with E-state index in [4.69, 9.17) is 0 Å². The Labute approximate surface area is 116 Å². The molecule has 18 heavy (non-hydrogen) atoms.